The Balaban J connectivity index is 2.65. The van der Waals surface area contributed by atoms with Crippen molar-refractivity contribution >= 4 is 0 Å². The molecule has 96 valence electrons. The van der Waals surface area contributed by atoms with Crippen LogP contribution in [0.3, 0.4) is 0 Å². The normalized spacial score (nSPS) is 22.1. The molecule has 0 aromatic heterocycles. The number of hydrogen-bond acceptors (Lipinski definition) is 3. The molecule has 0 aromatic rings. The summed E-state index contributed by atoms with van der Waals surface area (Å²) in [4.78, 5) is 2.48. The Kier molecular flexibility index (Phi) is 5.22. The molecule has 1 saturated carbocycles. The van der Waals surface area contributed by atoms with Crippen molar-refractivity contribution in [1.82, 2.24) is 10.2 Å². The van der Waals surface area contributed by atoms with Crippen LogP contribution < -0.4 is 5.32 Å². The van der Waals surface area contributed by atoms with Gasteiger partial charge in [-0.1, -0.05) is 13.8 Å². The lowest BCUT2D eigenvalue weighted by molar-refractivity contribution is 0.0806. The summed E-state index contributed by atoms with van der Waals surface area (Å²) in [5.41, 5.74) is -0.0700. The lowest BCUT2D eigenvalue weighted by atomic mass is 9.92. The van der Waals surface area contributed by atoms with Crippen molar-refractivity contribution in [1.29, 1.82) is 0 Å². The highest BCUT2D eigenvalue weighted by Gasteiger charge is 2.44. The van der Waals surface area contributed by atoms with E-state index in [1.54, 1.807) is 0 Å². The quantitative estimate of drug-likeness (QED) is 0.660. The van der Waals surface area contributed by atoms with Crippen molar-refractivity contribution in [2.45, 2.75) is 51.6 Å². The van der Waals surface area contributed by atoms with E-state index in [1.807, 2.05) is 7.05 Å². The van der Waals surface area contributed by atoms with Gasteiger partial charge in [-0.05, 0) is 45.7 Å². The van der Waals surface area contributed by atoms with Crippen molar-refractivity contribution in [3.05, 3.63) is 0 Å². The third kappa shape index (κ3) is 2.96. The van der Waals surface area contributed by atoms with E-state index in [9.17, 15) is 5.11 Å². The van der Waals surface area contributed by atoms with E-state index in [4.69, 9.17) is 0 Å². The SMILES string of the molecule is CCC(C)N(CC)CC(CO)(NC)C1CC1. The largest absolute Gasteiger partial charge is 0.394 e. The number of nitrogens with one attached hydrogen (secondary N) is 1. The molecule has 0 aliphatic heterocycles. The summed E-state index contributed by atoms with van der Waals surface area (Å²) in [6, 6.07) is 0.600. The minimum atomic E-state index is -0.0700. The molecule has 0 saturated heterocycles. The molecule has 0 aromatic carbocycles. The fourth-order valence-electron chi connectivity index (χ4n) is 2.51. The van der Waals surface area contributed by atoms with E-state index in [0.29, 0.717) is 12.0 Å². The van der Waals surface area contributed by atoms with Crippen molar-refractivity contribution in [3.8, 4) is 0 Å². The smallest absolute Gasteiger partial charge is 0.0628 e. The second kappa shape index (κ2) is 5.99. The predicted octanol–water partition coefficient (Wildman–Crippen LogP) is 1.47. The summed E-state index contributed by atoms with van der Waals surface area (Å²) in [5.74, 6) is 0.667. The Morgan fingerprint density at radius 2 is 2.06 bits per heavy atom. The number of aliphatic hydroxyl groups is 1. The lowest BCUT2D eigenvalue weighted by Gasteiger charge is -2.39. The van der Waals surface area contributed by atoms with E-state index in [1.165, 1.54) is 19.3 Å². The van der Waals surface area contributed by atoms with Crippen molar-refractivity contribution in [2.24, 2.45) is 5.92 Å². The van der Waals surface area contributed by atoms with Gasteiger partial charge in [0.1, 0.15) is 0 Å². The van der Waals surface area contributed by atoms with Gasteiger partial charge in [-0.25, -0.2) is 0 Å². The van der Waals surface area contributed by atoms with Crippen LogP contribution in [-0.2, 0) is 0 Å². The highest BCUT2D eigenvalue weighted by Crippen LogP contribution is 2.40. The molecular weight excluding hydrogens is 200 g/mol. The minimum absolute atomic E-state index is 0.0700. The van der Waals surface area contributed by atoms with Crippen LogP contribution in [-0.4, -0.2) is 48.3 Å². The molecular formula is C13H28N2O. The number of hydrogen-bond donors (Lipinski definition) is 2. The molecule has 0 amide bonds. The zero-order valence-electron chi connectivity index (χ0n) is 11.3. The van der Waals surface area contributed by atoms with Crippen LogP contribution >= 0.6 is 0 Å². The molecule has 1 fully saturated rings. The van der Waals surface area contributed by atoms with E-state index < -0.39 is 0 Å². The third-order valence-corrected chi connectivity index (χ3v) is 4.24. The maximum absolute atomic E-state index is 9.70. The maximum Gasteiger partial charge on any atom is 0.0628 e. The number of likely N-dealkylation sites (N-methyl/N-ethyl adjacent to an activating group) is 2. The average Bonchev–Trinajstić information content (AvgIpc) is 3.15. The zero-order chi connectivity index (χ0) is 12.2. The second-order valence-corrected chi connectivity index (χ2v) is 5.16. The Morgan fingerprint density at radius 3 is 2.38 bits per heavy atom. The van der Waals surface area contributed by atoms with Crippen LogP contribution in [0.4, 0.5) is 0 Å². The summed E-state index contributed by atoms with van der Waals surface area (Å²) in [6.07, 6.45) is 3.70. The lowest BCUT2D eigenvalue weighted by Crippen LogP contribution is -2.58. The maximum atomic E-state index is 9.70. The van der Waals surface area contributed by atoms with Gasteiger partial charge in [0, 0.05) is 12.6 Å². The standard InChI is InChI=1S/C13H28N2O/c1-5-11(3)15(6-2)9-13(10-16,14-4)12-7-8-12/h11-12,14,16H,5-10H2,1-4H3. The molecule has 3 heteroatoms. The fourth-order valence-corrected chi connectivity index (χ4v) is 2.51. The van der Waals surface area contributed by atoms with Gasteiger partial charge in [0.15, 0.2) is 0 Å². The Bertz CT molecular complexity index is 200. The van der Waals surface area contributed by atoms with Gasteiger partial charge in [0.05, 0.1) is 12.1 Å². The minimum Gasteiger partial charge on any atom is -0.394 e. The van der Waals surface area contributed by atoms with Crippen LogP contribution in [0, 0.1) is 5.92 Å². The molecule has 0 bridgehead atoms. The van der Waals surface area contributed by atoms with Gasteiger partial charge < -0.3 is 10.4 Å². The Morgan fingerprint density at radius 1 is 1.44 bits per heavy atom. The Labute approximate surface area is 100 Å². The van der Waals surface area contributed by atoms with Gasteiger partial charge in [0.25, 0.3) is 0 Å². The first kappa shape index (κ1) is 13.9. The molecule has 2 unspecified atom stereocenters. The fraction of sp³-hybridized carbons (Fsp3) is 1.00. The topological polar surface area (TPSA) is 35.5 Å². The van der Waals surface area contributed by atoms with Crippen LogP contribution in [0.2, 0.25) is 0 Å². The molecule has 0 radical (unpaired) electrons. The molecule has 3 nitrogen and oxygen atoms in total. The Hall–Kier alpha value is -0.120. The van der Waals surface area contributed by atoms with Crippen LogP contribution in [0.25, 0.3) is 0 Å². The van der Waals surface area contributed by atoms with E-state index in [2.05, 4.69) is 31.0 Å². The van der Waals surface area contributed by atoms with Crippen LogP contribution in [0.15, 0.2) is 0 Å². The van der Waals surface area contributed by atoms with Crippen molar-refractivity contribution in [2.75, 3.05) is 26.7 Å². The number of nitrogens with zero attached hydrogens (tertiary/aromatic N) is 1. The van der Waals surface area contributed by atoms with Crippen molar-refractivity contribution < 1.29 is 5.11 Å². The highest BCUT2D eigenvalue weighted by molar-refractivity contribution is 5.02. The average molecular weight is 228 g/mol. The van der Waals surface area contributed by atoms with Gasteiger partial charge >= 0.3 is 0 Å². The van der Waals surface area contributed by atoms with E-state index in [-0.39, 0.29) is 12.1 Å². The van der Waals surface area contributed by atoms with Crippen LogP contribution in [0.1, 0.15) is 40.0 Å². The van der Waals surface area contributed by atoms with Crippen LogP contribution in [0.5, 0.6) is 0 Å². The molecule has 1 aliphatic rings. The molecule has 2 atom stereocenters. The van der Waals surface area contributed by atoms with Gasteiger partial charge in [-0.2, -0.15) is 0 Å². The van der Waals surface area contributed by atoms with Gasteiger partial charge in [-0.3, -0.25) is 4.90 Å². The van der Waals surface area contributed by atoms with Crippen molar-refractivity contribution in [3.63, 3.8) is 0 Å². The molecule has 1 rings (SSSR count). The molecule has 0 heterocycles. The summed E-state index contributed by atoms with van der Waals surface area (Å²) in [7, 11) is 1.99. The predicted molar refractivity (Wildman–Crippen MR) is 68.6 cm³/mol. The summed E-state index contributed by atoms with van der Waals surface area (Å²) >= 11 is 0. The molecule has 16 heavy (non-hydrogen) atoms. The monoisotopic (exact) mass is 228 g/mol. The first-order valence-electron chi connectivity index (χ1n) is 6.67. The van der Waals surface area contributed by atoms with Gasteiger partial charge in [-0.15, -0.1) is 0 Å². The first-order chi connectivity index (χ1) is 7.63. The number of aliphatic hydroxyl groups excluding tert-OH is 1. The molecule has 0 spiro atoms. The van der Waals surface area contributed by atoms with E-state index in [0.717, 1.165) is 13.1 Å². The second-order valence-electron chi connectivity index (χ2n) is 5.16. The summed E-state index contributed by atoms with van der Waals surface area (Å²) < 4.78 is 0. The van der Waals surface area contributed by atoms with E-state index >= 15 is 0 Å². The third-order valence-electron chi connectivity index (χ3n) is 4.24. The van der Waals surface area contributed by atoms with Gasteiger partial charge in [0.2, 0.25) is 0 Å². The molecule has 2 N–H and O–H groups in total. The molecule has 1 aliphatic carbocycles. The zero-order valence-corrected chi connectivity index (χ0v) is 11.3. The summed E-state index contributed by atoms with van der Waals surface area (Å²) in [6.45, 7) is 8.98. The highest BCUT2D eigenvalue weighted by atomic mass is 16.3. The number of rotatable bonds is 8. The first-order valence-corrected chi connectivity index (χ1v) is 6.67. The summed E-state index contributed by atoms with van der Waals surface area (Å²) in [5, 5.41) is 13.1.